The fraction of sp³-hybridized carbons (Fsp3) is 0.636. The number of hydrogen-bond donors (Lipinski definition) is 1. The number of nitrogens with zero attached hydrogens (tertiary/aromatic N) is 1. The highest BCUT2D eigenvalue weighted by Crippen LogP contribution is 2.37. The van der Waals surface area contributed by atoms with E-state index < -0.39 is 10.0 Å². The van der Waals surface area contributed by atoms with E-state index in [-0.39, 0.29) is 17.5 Å². The Labute approximate surface area is 106 Å². The molecule has 1 atom stereocenters. The lowest BCUT2D eigenvalue weighted by molar-refractivity contribution is 0.281. The second-order valence-electron chi connectivity index (χ2n) is 4.47. The number of rotatable bonds is 5. The van der Waals surface area contributed by atoms with Gasteiger partial charge in [0.05, 0.1) is 11.5 Å². The Morgan fingerprint density at radius 2 is 2.24 bits per heavy atom. The Balaban J connectivity index is 2.29. The molecule has 0 aliphatic heterocycles. The van der Waals surface area contributed by atoms with Gasteiger partial charge < -0.3 is 5.11 Å². The van der Waals surface area contributed by atoms with Crippen molar-refractivity contribution in [3.05, 3.63) is 16.3 Å². The normalized spacial score (nSPS) is 18.6. The van der Waals surface area contributed by atoms with E-state index >= 15 is 0 Å². The highest BCUT2D eigenvalue weighted by Gasteiger charge is 2.36. The molecule has 1 unspecified atom stereocenters. The van der Waals surface area contributed by atoms with Gasteiger partial charge in [-0.25, -0.2) is 8.42 Å². The van der Waals surface area contributed by atoms with Crippen LogP contribution in [0.25, 0.3) is 0 Å². The first-order chi connectivity index (χ1) is 7.98. The largest absolute Gasteiger partial charge is 0.391 e. The van der Waals surface area contributed by atoms with Gasteiger partial charge in [0.2, 0.25) is 10.0 Å². The Morgan fingerprint density at radius 1 is 1.59 bits per heavy atom. The molecule has 1 heterocycles. The average Bonchev–Trinajstić information content (AvgIpc) is 3.03. The minimum absolute atomic E-state index is 0.0337. The highest BCUT2D eigenvalue weighted by atomic mass is 32.2. The van der Waals surface area contributed by atoms with Gasteiger partial charge in [0, 0.05) is 18.0 Å². The van der Waals surface area contributed by atoms with Gasteiger partial charge in [0.25, 0.3) is 0 Å². The molecule has 1 N–H and O–H groups in total. The maximum Gasteiger partial charge on any atom is 0.244 e. The van der Waals surface area contributed by atoms with Gasteiger partial charge >= 0.3 is 0 Å². The van der Waals surface area contributed by atoms with Crippen LogP contribution < -0.4 is 0 Å². The summed E-state index contributed by atoms with van der Waals surface area (Å²) in [6.07, 6.45) is 2.22. The van der Waals surface area contributed by atoms with E-state index in [1.165, 1.54) is 15.6 Å². The van der Waals surface area contributed by atoms with Crippen LogP contribution in [0.4, 0.5) is 0 Å². The third-order valence-electron chi connectivity index (χ3n) is 3.38. The molecule has 6 heteroatoms. The van der Waals surface area contributed by atoms with Crippen LogP contribution in [0.2, 0.25) is 0 Å². The minimum Gasteiger partial charge on any atom is -0.391 e. The number of thiophene rings is 1. The maximum absolute atomic E-state index is 12.4. The van der Waals surface area contributed by atoms with Crippen molar-refractivity contribution in [3.8, 4) is 0 Å². The summed E-state index contributed by atoms with van der Waals surface area (Å²) in [5.41, 5.74) is 0. The second kappa shape index (κ2) is 4.68. The van der Waals surface area contributed by atoms with E-state index in [4.69, 9.17) is 5.11 Å². The molecule has 17 heavy (non-hydrogen) atoms. The van der Waals surface area contributed by atoms with Crippen molar-refractivity contribution in [2.24, 2.45) is 5.92 Å². The summed E-state index contributed by atoms with van der Waals surface area (Å²) in [5, 5.41) is 10.8. The van der Waals surface area contributed by atoms with Crippen LogP contribution >= 0.6 is 11.3 Å². The van der Waals surface area contributed by atoms with Crippen LogP contribution in [0.5, 0.6) is 0 Å². The average molecular weight is 275 g/mol. The summed E-state index contributed by atoms with van der Waals surface area (Å²) in [4.78, 5) is 0.764. The van der Waals surface area contributed by atoms with Gasteiger partial charge in [0.1, 0.15) is 0 Å². The van der Waals surface area contributed by atoms with Crippen molar-refractivity contribution < 1.29 is 13.5 Å². The van der Waals surface area contributed by atoms with Crippen LogP contribution in [0.1, 0.15) is 24.6 Å². The monoisotopic (exact) mass is 275 g/mol. The first kappa shape index (κ1) is 13.0. The maximum atomic E-state index is 12.4. The second-order valence-corrected chi connectivity index (χ2v) is 7.43. The molecule has 1 aliphatic rings. The molecule has 1 aromatic rings. The van der Waals surface area contributed by atoms with E-state index in [1.807, 2.05) is 6.92 Å². The van der Waals surface area contributed by atoms with Gasteiger partial charge in [-0.3, -0.25) is 0 Å². The summed E-state index contributed by atoms with van der Waals surface area (Å²) in [6.45, 7) is 1.72. The zero-order chi connectivity index (χ0) is 12.6. The van der Waals surface area contributed by atoms with E-state index in [2.05, 4.69) is 0 Å². The summed E-state index contributed by atoms with van der Waals surface area (Å²) in [7, 11) is -1.84. The standard InChI is InChI=1S/C11H17NO3S2/c1-8(9-3-4-9)12(2)17(14,15)11-5-6-16-10(11)7-13/h5-6,8-9,13H,3-4,7H2,1-2H3. The van der Waals surface area contributed by atoms with E-state index in [1.54, 1.807) is 18.5 Å². The van der Waals surface area contributed by atoms with Gasteiger partial charge in [0.15, 0.2) is 0 Å². The van der Waals surface area contributed by atoms with Crippen molar-refractivity contribution in [3.63, 3.8) is 0 Å². The Kier molecular flexibility index (Phi) is 3.58. The third kappa shape index (κ3) is 2.40. The van der Waals surface area contributed by atoms with Crippen molar-refractivity contribution in [2.75, 3.05) is 7.05 Å². The molecular formula is C11H17NO3S2. The molecule has 4 nitrogen and oxygen atoms in total. The minimum atomic E-state index is -3.46. The number of aliphatic hydroxyl groups excluding tert-OH is 1. The van der Waals surface area contributed by atoms with E-state index in [9.17, 15) is 8.42 Å². The van der Waals surface area contributed by atoms with Crippen LogP contribution in [0, 0.1) is 5.92 Å². The van der Waals surface area contributed by atoms with Crippen molar-refractivity contribution in [2.45, 2.75) is 37.3 Å². The zero-order valence-corrected chi connectivity index (χ0v) is 11.6. The fourth-order valence-corrected chi connectivity index (χ4v) is 4.61. The van der Waals surface area contributed by atoms with Crippen molar-refractivity contribution >= 4 is 21.4 Å². The predicted molar refractivity (Wildman–Crippen MR) is 67.4 cm³/mol. The summed E-state index contributed by atoms with van der Waals surface area (Å²) < 4.78 is 26.2. The van der Waals surface area contributed by atoms with Crippen molar-refractivity contribution in [1.29, 1.82) is 0 Å². The molecule has 0 radical (unpaired) electrons. The number of aliphatic hydroxyl groups is 1. The van der Waals surface area contributed by atoms with Gasteiger partial charge in [-0.15, -0.1) is 11.3 Å². The summed E-state index contributed by atoms with van der Waals surface area (Å²) in [6, 6.07) is 1.60. The summed E-state index contributed by atoms with van der Waals surface area (Å²) >= 11 is 1.27. The molecule has 1 fully saturated rings. The van der Waals surface area contributed by atoms with Crippen molar-refractivity contribution in [1.82, 2.24) is 4.31 Å². The number of hydrogen-bond acceptors (Lipinski definition) is 4. The first-order valence-corrected chi connectivity index (χ1v) is 7.95. The van der Waals surface area contributed by atoms with Crippen LogP contribution in [0.15, 0.2) is 16.3 Å². The highest BCUT2D eigenvalue weighted by molar-refractivity contribution is 7.89. The molecule has 0 saturated heterocycles. The molecule has 0 bridgehead atoms. The molecule has 0 aromatic carbocycles. The smallest absolute Gasteiger partial charge is 0.244 e. The van der Waals surface area contributed by atoms with Gasteiger partial charge in [-0.05, 0) is 37.1 Å². The Morgan fingerprint density at radius 3 is 2.76 bits per heavy atom. The summed E-state index contributed by atoms with van der Waals surface area (Å²) in [5.74, 6) is 0.492. The van der Waals surface area contributed by atoms with Gasteiger partial charge in [-0.1, -0.05) is 0 Å². The van der Waals surface area contributed by atoms with Crippen LogP contribution in [-0.4, -0.2) is 30.9 Å². The molecule has 0 amide bonds. The Hall–Kier alpha value is -0.430. The molecule has 2 rings (SSSR count). The SMILES string of the molecule is CC(C1CC1)N(C)S(=O)(=O)c1ccsc1CO. The topological polar surface area (TPSA) is 57.6 Å². The van der Waals surface area contributed by atoms with Gasteiger partial charge in [-0.2, -0.15) is 4.31 Å². The molecule has 96 valence electrons. The fourth-order valence-electron chi connectivity index (χ4n) is 1.92. The molecule has 1 aromatic heterocycles. The zero-order valence-electron chi connectivity index (χ0n) is 9.96. The van der Waals surface area contributed by atoms with E-state index in [0.29, 0.717) is 10.8 Å². The number of sulfonamides is 1. The molecule has 1 saturated carbocycles. The quantitative estimate of drug-likeness (QED) is 0.889. The lowest BCUT2D eigenvalue weighted by Crippen LogP contribution is -2.36. The van der Waals surface area contributed by atoms with Crippen LogP contribution in [0.3, 0.4) is 0 Å². The lowest BCUT2D eigenvalue weighted by Gasteiger charge is -2.24. The molecule has 1 aliphatic carbocycles. The predicted octanol–water partition coefficient (Wildman–Crippen LogP) is 1.66. The lowest BCUT2D eigenvalue weighted by atomic mass is 10.2. The molecular weight excluding hydrogens is 258 g/mol. The third-order valence-corrected chi connectivity index (χ3v) is 6.45. The van der Waals surface area contributed by atoms with Crippen LogP contribution in [-0.2, 0) is 16.6 Å². The Bertz CT molecular complexity index is 491. The van der Waals surface area contributed by atoms with E-state index in [0.717, 1.165) is 12.8 Å². The first-order valence-electron chi connectivity index (χ1n) is 5.63. The molecule has 0 spiro atoms.